The first kappa shape index (κ1) is 8.47. The average molecular weight is 128 g/mol. The zero-order valence-electron chi connectivity index (χ0n) is 6.68. The van der Waals surface area contributed by atoms with Gasteiger partial charge in [0.05, 0.1) is 0 Å². The third kappa shape index (κ3) is 7.47. The van der Waals surface area contributed by atoms with Crippen LogP contribution in [0.25, 0.3) is 0 Å². The van der Waals surface area contributed by atoms with Crippen LogP contribution >= 0.6 is 0 Å². The van der Waals surface area contributed by atoms with Gasteiger partial charge in [-0.2, -0.15) is 5.10 Å². The van der Waals surface area contributed by atoms with E-state index in [1.54, 1.807) is 0 Å². The van der Waals surface area contributed by atoms with E-state index in [9.17, 15) is 0 Å². The fourth-order valence-electron chi connectivity index (χ4n) is 0.341. The van der Waals surface area contributed by atoms with E-state index in [1.165, 1.54) is 0 Å². The molecule has 0 aromatic heterocycles. The van der Waals surface area contributed by atoms with Gasteiger partial charge in [-0.05, 0) is 19.8 Å². The molecule has 2 nitrogen and oxygen atoms in total. The third-order valence-corrected chi connectivity index (χ3v) is 0.705. The summed E-state index contributed by atoms with van der Waals surface area (Å²) in [6, 6.07) is 0.444. The van der Waals surface area contributed by atoms with E-state index < -0.39 is 0 Å². The predicted molar refractivity (Wildman–Crippen MR) is 41.6 cm³/mol. The maximum atomic E-state index is 4.00. The maximum absolute atomic E-state index is 4.00. The number of hydrazone groups is 1. The van der Waals surface area contributed by atoms with Crippen molar-refractivity contribution in [3.05, 3.63) is 0 Å². The molecule has 0 spiro atoms. The van der Waals surface area contributed by atoms with E-state index >= 15 is 0 Å². The monoisotopic (exact) mass is 128 g/mol. The lowest BCUT2D eigenvalue weighted by atomic mass is 10.3. The molecule has 0 atom stereocenters. The van der Waals surface area contributed by atoms with Crippen LogP contribution in [0.4, 0.5) is 0 Å². The molecule has 0 saturated carbocycles. The van der Waals surface area contributed by atoms with E-state index in [-0.39, 0.29) is 0 Å². The van der Waals surface area contributed by atoms with Gasteiger partial charge in [0.25, 0.3) is 0 Å². The van der Waals surface area contributed by atoms with E-state index in [0.717, 1.165) is 0 Å². The number of hydrogen-bond donors (Lipinski definition) is 1. The first-order valence-corrected chi connectivity index (χ1v) is 3.41. The number of hydrogen-bond acceptors (Lipinski definition) is 2. The molecular formula is C7H16N2. The Morgan fingerprint density at radius 2 is 1.78 bits per heavy atom. The molecule has 2 heteroatoms. The van der Waals surface area contributed by atoms with E-state index in [0.29, 0.717) is 12.0 Å². The molecule has 0 aromatic rings. The van der Waals surface area contributed by atoms with Crippen LogP contribution in [0.3, 0.4) is 0 Å². The SMILES string of the molecule is CC(C)/C=N\NC(C)C. The molecule has 0 amide bonds. The molecule has 9 heavy (non-hydrogen) atoms. The highest BCUT2D eigenvalue weighted by Crippen LogP contribution is 1.83. The molecule has 0 aliphatic heterocycles. The van der Waals surface area contributed by atoms with Crippen molar-refractivity contribution in [3.63, 3.8) is 0 Å². The minimum atomic E-state index is 0.444. The molecule has 0 saturated heterocycles. The Bertz CT molecular complexity index is 84.9. The van der Waals surface area contributed by atoms with Crippen LogP contribution in [0, 0.1) is 5.92 Å². The van der Waals surface area contributed by atoms with Crippen LogP contribution in [0.15, 0.2) is 5.10 Å². The van der Waals surface area contributed by atoms with Crippen LogP contribution in [-0.2, 0) is 0 Å². The van der Waals surface area contributed by atoms with Gasteiger partial charge in [0, 0.05) is 12.3 Å². The third-order valence-electron chi connectivity index (χ3n) is 0.705. The number of nitrogens with zero attached hydrogens (tertiary/aromatic N) is 1. The van der Waals surface area contributed by atoms with Gasteiger partial charge in [-0.25, -0.2) is 0 Å². The molecule has 0 radical (unpaired) electrons. The zero-order chi connectivity index (χ0) is 7.28. The molecule has 54 valence electrons. The Morgan fingerprint density at radius 3 is 2.11 bits per heavy atom. The largest absolute Gasteiger partial charge is 0.308 e. The molecular weight excluding hydrogens is 112 g/mol. The Labute approximate surface area is 57.3 Å². The summed E-state index contributed by atoms with van der Waals surface area (Å²) in [5.74, 6) is 0.538. The van der Waals surface area contributed by atoms with Crippen molar-refractivity contribution < 1.29 is 0 Å². The molecule has 0 aromatic carbocycles. The quantitative estimate of drug-likeness (QED) is 0.453. The normalized spacial score (nSPS) is 11.8. The molecule has 0 aliphatic carbocycles. The molecule has 0 rings (SSSR count). The highest BCUT2D eigenvalue weighted by molar-refractivity contribution is 5.59. The fourth-order valence-corrected chi connectivity index (χ4v) is 0.341. The van der Waals surface area contributed by atoms with Crippen LogP contribution in [-0.4, -0.2) is 12.3 Å². The fraction of sp³-hybridized carbons (Fsp3) is 0.857. The number of rotatable bonds is 3. The van der Waals surface area contributed by atoms with E-state index in [2.05, 4.69) is 38.2 Å². The topological polar surface area (TPSA) is 24.4 Å². The van der Waals surface area contributed by atoms with Crippen molar-refractivity contribution in [2.75, 3.05) is 0 Å². The van der Waals surface area contributed by atoms with Crippen LogP contribution in [0.2, 0.25) is 0 Å². The van der Waals surface area contributed by atoms with Crippen molar-refractivity contribution in [2.45, 2.75) is 33.7 Å². The van der Waals surface area contributed by atoms with Crippen LogP contribution in [0.5, 0.6) is 0 Å². The van der Waals surface area contributed by atoms with Gasteiger partial charge in [-0.15, -0.1) is 0 Å². The summed E-state index contributed by atoms with van der Waals surface area (Å²) >= 11 is 0. The summed E-state index contributed by atoms with van der Waals surface area (Å²) in [7, 11) is 0. The number of nitrogens with one attached hydrogen (secondary N) is 1. The van der Waals surface area contributed by atoms with Gasteiger partial charge in [-0.1, -0.05) is 13.8 Å². The predicted octanol–water partition coefficient (Wildman–Crippen LogP) is 1.63. The Kier molecular flexibility index (Phi) is 4.10. The van der Waals surface area contributed by atoms with Gasteiger partial charge in [0.1, 0.15) is 0 Å². The molecule has 1 N–H and O–H groups in total. The Hall–Kier alpha value is -0.530. The van der Waals surface area contributed by atoms with Crippen LogP contribution < -0.4 is 5.43 Å². The zero-order valence-corrected chi connectivity index (χ0v) is 6.68. The molecule has 0 aliphatic rings. The minimum absolute atomic E-state index is 0.444. The summed E-state index contributed by atoms with van der Waals surface area (Å²) in [6.07, 6.45) is 1.90. The van der Waals surface area contributed by atoms with Crippen molar-refractivity contribution in [1.82, 2.24) is 5.43 Å². The summed E-state index contributed by atoms with van der Waals surface area (Å²) in [5.41, 5.74) is 2.95. The van der Waals surface area contributed by atoms with Gasteiger partial charge < -0.3 is 5.43 Å². The van der Waals surface area contributed by atoms with Gasteiger partial charge in [0.2, 0.25) is 0 Å². The van der Waals surface area contributed by atoms with Gasteiger partial charge in [-0.3, -0.25) is 0 Å². The summed E-state index contributed by atoms with van der Waals surface area (Å²) in [5, 5.41) is 4.00. The average Bonchev–Trinajstić information content (AvgIpc) is 1.63. The second-order valence-corrected chi connectivity index (χ2v) is 2.81. The lowest BCUT2D eigenvalue weighted by Gasteiger charge is -2.02. The summed E-state index contributed by atoms with van der Waals surface area (Å²) in [4.78, 5) is 0. The lowest BCUT2D eigenvalue weighted by molar-refractivity contribution is 0.618. The van der Waals surface area contributed by atoms with Crippen molar-refractivity contribution >= 4 is 6.21 Å². The van der Waals surface area contributed by atoms with Gasteiger partial charge in [0.15, 0.2) is 0 Å². The lowest BCUT2D eigenvalue weighted by Crippen LogP contribution is -2.16. The van der Waals surface area contributed by atoms with E-state index in [4.69, 9.17) is 0 Å². The van der Waals surface area contributed by atoms with Crippen molar-refractivity contribution in [2.24, 2.45) is 11.0 Å². The highest BCUT2D eigenvalue weighted by atomic mass is 15.3. The standard InChI is InChI=1S/C7H16N2/c1-6(2)5-8-9-7(3)4/h5-7,9H,1-4H3/b8-5-. The minimum Gasteiger partial charge on any atom is -0.308 e. The molecule has 0 fully saturated rings. The van der Waals surface area contributed by atoms with Crippen molar-refractivity contribution in [1.29, 1.82) is 0 Å². The van der Waals surface area contributed by atoms with E-state index in [1.807, 2.05) is 6.21 Å². The summed E-state index contributed by atoms with van der Waals surface area (Å²) in [6.45, 7) is 8.34. The second-order valence-electron chi connectivity index (χ2n) is 2.81. The highest BCUT2D eigenvalue weighted by Gasteiger charge is 1.86. The second kappa shape index (κ2) is 4.36. The van der Waals surface area contributed by atoms with Crippen LogP contribution in [0.1, 0.15) is 27.7 Å². The maximum Gasteiger partial charge on any atom is 0.0383 e. The van der Waals surface area contributed by atoms with Crippen molar-refractivity contribution in [3.8, 4) is 0 Å². The Morgan fingerprint density at radius 1 is 1.22 bits per heavy atom. The smallest absolute Gasteiger partial charge is 0.0383 e. The first-order valence-electron chi connectivity index (χ1n) is 3.41. The summed E-state index contributed by atoms with van der Waals surface area (Å²) < 4.78 is 0. The molecule has 0 unspecified atom stereocenters. The molecule has 0 bridgehead atoms. The Balaban J connectivity index is 3.25. The first-order chi connectivity index (χ1) is 4.13. The molecule has 0 heterocycles. The van der Waals surface area contributed by atoms with Gasteiger partial charge >= 0.3 is 0 Å².